The smallest absolute Gasteiger partial charge is 0.306 e. The van der Waals surface area contributed by atoms with Crippen LogP contribution in [0.4, 0.5) is 0 Å². The maximum absolute atomic E-state index is 13.5. The summed E-state index contributed by atoms with van der Waals surface area (Å²) in [5.74, 6) is -1.84. The van der Waals surface area contributed by atoms with Crippen molar-refractivity contribution >= 4 is 29.1 Å². The average molecular weight is 651 g/mol. The maximum Gasteiger partial charge on any atom is 0.306 e. The summed E-state index contributed by atoms with van der Waals surface area (Å²) in [4.78, 5) is 45.0. The Balaban J connectivity index is 1.85. The van der Waals surface area contributed by atoms with Gasteiger partial charge in [-0.05, 0) is 35.8 Å². The minimum Gasteiger partial charge on any atom is -0.481 e. The highest BCUT2D eigenvalue weighted by molar-refractivity contribution is 7.09. The van der Waals surface area contributed by atoms with Gasteiger partial charge in [-0.15, -0.1) is 11.3 Å². The van der Waals surface area contributed by atoms with Crippen molar-refractivity contribution in [3.63, 3.8) is 0 Å². The second kappa shape index (κ2) is 17.9. The van der Waals surface area contributed by atoms with E-state index in [1.54, 1.807) is 24.3 Å². The lowest BCUT2D eigenvalue weighted by Gasteiger charge is -2.36. The Morgan fingerprint density at radius 2 is 1.59 bits per heavy atom. The summed E-state index contributed by atoms with van der Waals surface area (Å²) < 4.78 is 6.47. The molecular formula is C36H50N4O5S. The molecule has 0 radical (unpaired) electrons. The number of hydrogen-bond donors (Lipinski definition) is 3. The number of nitrogens with one attached hydrogen (secondary N) is 1. The number of carboxylic acids is 1. The van der Waals surface area contributed by atoms with Crippen molar-refractivity contribution in [1.29, 1.82) is 0 Å². The van der Waals surface area contributed by atoms with Gasteiger partial charge in [-0.25, -0.2) is 4.98 Å². The molecule has 0 bridgehead atoms. The Bertz CT molecular complexity index is 1380. The van der Waals surface area contributed by atoms with Gasteiger partial charge in [0, 0.05) is 30.9 Å². The quantitative estimate of drug-likeness (QED) is 0.151. The van der Waals surface area contributed by atoms with Crippen LogP contribution in [0.5, 0.6) is 0 Å². The molecule has 1 aromatic heterocycles. The van der Waals surface area contributed by atoms with Gasteiger partial charge in [0.05, 0.1) is 18.6 Å². The Labute approximate surface area is 277 Å². The van der Waals surface area contributed by atoms with E-state index in [2.05, 4.69) is 19.2 Å². The fraction of sp³-hybridized carbons (Fsp3) is 0.500. The third kappa shape index (κ3) is 10.7. The molecule has 4 N–H and O–H groups in total. The molecule has 0 aliphatic rings. The standard InChI is InChI=1S/C36H50N4O5S/c1-7-24(4)32(37)35(42)40(6)30(23(2)3)20-31(45-21-27-16-12-9-13-17-27)34-39-29(22-46-34)33(41)38-28(18-25(5)36(43)44)19-26-14-10-8-11-15-26/h8-17,22-25,28,30-32H,7,18-21,37H2,1-6H3,(H,38,41)(H,43,44)/t24-,25?,28?,30+,31+,32-/m0/s1. The van der Waals surface area contributed by atoms with Crippen LogP contribution in [-0.4, -0.2) is 57.9 Å². The third-order valence-corrected chi connectivity index (χ3v) is 9.59. The number of carbonyl (C=O) groups is 3. The van der Waals surface area contributed by atoms with Crippen molar-refractivity contribution < 1.29 is 24.2 Å². The molecule has 2 aromatic carbocycles. The molecule has 1 heterocycles. The number of nitrogens with zero attached hydrogens (tertiary/aromatic N) is 2. The Kier molecular flexibility index (Phi) is 14.4. The second-order valence-corrected chi connectivity index (χ2v) is 13.5. The number of likely N-dealkylation sites (N-methyl/N-ethyl adjacent to an activating group) is 1. The monoisotopic (exact) mass is 650 g/mol. The number of amides is 2. The number of carbonyl (C=O) groups excluding carboxylic acids is 2. The first-order chi connectivity index (χ1) is 21.9. The van der Waals surface area contributed by atoms with E-state index in [4.69, 9.17) is 15.5 Å². The number of aromatic nitrogens is 1. The minimum atomic E-state index is -0.907. The lowest BCUT2D eigenvalue weighted by Crippen LogP contribution is -2.51. The van der Waals surface area contributed by atoms with E-state index in [1.807, 2.05) is 74.5 Å². The average Bonchev–Trinajstić information content (AvgIpc) is 3.54. The molecule has 9 nitrogen and oxygen atoms in total. The van der Waals surface area contributed by atoms with Crippen LogP contribution in [0.2, 0.25) is 0 Å². The predicted molar refractivity (Wildman–Crippen MR) is 182 cm³/mol. The van der Waals surface area contributed by atoms with Crippen LogP contribution >= 0.6 is 11.3 Å². The zero-order valence-electron chi connectivity index (χ0n) is 27.9. The van der Waals surface area contributed by atoms with Crippen LogP contribution in [0.25, 0.3) is 0 Å². The number of aliphatic carboxylic acids is 1. The van der Waals surface area contributed by atoms with Crippen molar-refractivity contribution in [3.8, 4) is 0 Å². The molecule has 10 heteroatoms. The van der Waals surface area contributed by atoms with Gasteiger partial charge in [0.15, 0.2) is 0 Å². The summed E-state index contributed by atoms with van der Waals surface area (Å²) in [6, 6.07) is 18.4. The van der Waals surface area contributed by atoms with Gasteiger partial charge in [0.25, 0.3) is 5.91 Å². The largest absolute Gasteiger partial charge is 0.481 e. The first kappa shape index (κ1) is 36.9. The summed E-state index contributed by atoms with van der Waals surface area (Å²) >= 11 is 1.34. The molecule has 6 atom stereocenters. The summed E-state index contributed by atoms with van der Waals surface area (Å²) in [7, 11) is 1.80. The number of benzene rings is 2. The molecule has 3 rings (SSSR count). The van der Waals surface area contributed by atoms with Gasteiger partial charge in [-0.2, -0.15) is 0 Å². The normalized spacial score (nSPS) is 15.4. The van der Waals surface area contributed by atoms with Gasteiger partial charge >= 0.3 is 5.97 Å². The third-order valence-electron chi connectivity index (χ3n) is 8.66. The molecule has 0 saturated heterocycles. The maximum atomic E-state index is 13.5. The first-order valence-corrected chi connectivity index (χ1v) is 17.0. The van der Waals surface area contributed by atoms with E-state index in [-0.39, 0.29) is 41.8 Å². The fourth-order valence-corrected chi connectivity index (χ4v) is 6.28. The molecule has 250 valence electrons. The zero-order valence-corrected chi connectivity index (χ0v) is 28.7. The highest BCUT2D eigenvalue weighted by Crippen LogP contribution is 2.31. The number of carboxylic acid groups (broad SMARTS) is 1. The molecule has 0 fully saturated rings. The zero-order chi connectivity index (χ0) is 33.8. The Morgan fingerprint density at radius 1 is 0.978 bits per heavy atom. The van der Waals surface area contributed by atoms with E-state index in [0.29, 0.717) is 24.5 Å². The molecule has 46 heavy (non-hydrogen) atoms. The van der Waals surface area contributed by atoms with Crippen LogP contribution in [0, 0.1) is 17.8 Å². The lowest BCUT2D eigenvalue weighted by atomic mass is 9.93. The van der Waals surface area contributed by atoms with E-state index >= 15 is 0 Å². The highest BCUT2D eigenvalue weighted by Gasteiger charge is 2.33. The SMILES string of the molecule is CC[C@H](C)[C@H](N)C(=O)N(C)[C@H](C[C@@H](OCc1ccccc1)c1nc(C(=O)NC(Cc2ccccc2)CC(C)C(=O)O)cs1)C(C)C. The molecule has 0 saturated carbocycles. The van der Waals surface area contributed by atoms with E-state index in [1.165, 1.54) is 11.3 Å². The van der Waals surface area contributed by atoms with Crippen LogP contribution in [0.3, 0.4) is 0 Å². The molecule has 3 aromatic rings. The summed E-state index contributed by atoms with van der Waals surface area (Å²) in [5, 5.41) is 14.9. The van der Waals surface area contributed by atoms with Crippen molar-refractivity contribution in [2.45, 2.75) is 91.1 Å². The van der Waals surface area contributed by atoms with E-state index < -0.39 is 30.1 Å². The topological polar surface area (TPSA) is 135 Å². The number of nitrogens with two attached hydrogens (primary N) is 1. The van der Waals surface area contributed by atoms with Crippen LogP contribution in [-0.2, 0) is 27.4 Å². The highest BCUT2D eigenvalue weighted by atomic mass is 32.1. The van der Waals surface area contributed by atoms with Crippen molar-refractivity contribution in [2.24, 2.45) is 23.5 Å². The second-order valence-electron chi connectivity index (χ2n) is 12.6. The van der Waals surface area contributed by atoms with Gasteiger partial charge in [0.1, 0.15) is 16.8 Å². The van der Waals surface area contributed by atoms with E-state index in [9.17, 15) is 19.5 Å². The van der Waals surface area contributed by atoms with Crippen LogP contribution in [0.1, 0.15) is 86.6 Å². The van der Waals surface area contributed by atoms with Crippen LogP contribution in [0.15, 0.2) is 66.0 Å². The Morgan fingerprint density at radius 3 is 2.15 bits per heavy atom. The number of hydrogen-bond acceptors (Lipinski definition) is 7. The summed E-state index contributed by atoms with van der Waals surface area (Å²) in [6.45, 7) is 10.1. The summed E-state index contributed by atoms with van der Waals surface area (Å²) in [5.41, 5.74) is 8.60. The van der Waals surface area contributed by atoms with E-state index in [0.717, 1.165) is 17.5 Å². The molecule has 2 unspecified atom stereocenters. The minimum absolute atomic E-state index is 0.0529. The predicted octanol–water partition coefficient (Wildman–Crippen LogP) is 6.10. The van der Waals surface area contributed by atoms with Gasteiger partial charge in [-0.3, -0.25) is 14.4 Å². The summed E-state index contributed by atoms with van der Waals surface area (Å²) in [6.07, 6.45) is 1.58. The van der Waals surface area contributed by atoms with Crippen molar-refractivity contribution in [3.05, 3.63) is 87.9 Å². The fourth-order valence-electron chi connectivity index (χ4n) is 5.42. The molecular weight excluding hydrogens is 600 g/mol. The lowest BCUT2D eigenvalue weighted by molar-refractivity contribution is -0.141. The van der Waals surface area contributed by atoms with Gasteiger partial charge in [-0.1, -0.05) is 102 Å². The van der Waals surface area contributed by atoms with Gasteiger partial charge in [0.2, 0.25) is 5.91 Å². The first-order valence-electron chi connectivity index (χ1n) is 16.1. The number of ether oxygens (including phenoxy) is 1. The van der Waals surface area contributed by atoms with Crippen molar-refractivity contribution in [1.82, 2.24) is 15.2 Å². The number of rotatable bonds is 18. The molecule has 2 amide bonds. The van der Waals surface area contributed by atoms with Gasteiger partial charge < -0.3 is 25.8 Å². The van der Waals surface area contributed by atoms with Crippen LogP contribution < -0.4 is 11.1 Å². The number of thiazole rings is 1. The Hall–Kier alpha value is -3.60. The molecule has 0 aliphatic heterocycles. The molecule has 0 aliphatic carbocycles. The van der Waals surface area contributed by atoms with Crippen molar-refractivity contribution in [2.75, 3.05) is 7.05 Å². The molecule has 0 spiro atoms.